The molecule has 1 unspecified atom stereocenters. The molecule has 0 bridgehead atoms. The third-order valence-corrected chi connectivity index (χ3v) is 4.26. The Balaban J connectivity index is 2.47. The predicted molar refractivity (Wildman–Crippen MR) is 76.0 cm³/mol. The highest BCUT2D eigenvalue weighted by Gasteiger charge is 2.16. The zero-order valence-electron chi connectivity index (χ0n) is 10.3. The molecule has 1 aromatic heterocycles. The molecule has 1 aromatic carbocycles. The molecule has 0 saturated heterocycles. The van der Waals surface area contributed by atoms with Crippen molar-refractivity contribution in [2.45, 2.75) is 26.8 Å². The van der Waals surface area contributed by atoms with Gasteiger partial charge in [0.2, 0.25) is 0 Å². The molecule has 0 radical (unpaired) electrons. The van der Waals surface area contributed by atoms with Crippen LogP contribution in [0.4, 0.5) is 0 Å². The Hall–Kier alpha value is -0.830. The molecule has 1 nitrogen and oxygen atoms in total. The molecule has 90 valence electrons. The number of hydrogen-bond donors (Lipinski definition) is 1. The van der Waals surface area contributed by atoms with Crippen molar-refractivity contribution in [1.82, 2.24) is 0 Å². The van der Waals surface area contributed by atoms with E-state index >= 15 is 0 Å². The van der Waals surface area contributed by atoms with Crippen molar-refractivity contribution < 1.29 is 0 Å². The molecule has 1 heterocycles. The standard InChI is InChI=1S/C14H16ClNS/c1-8-6-9(2)13(10(3)7-8)14(16)11-4-5-12(15)17-11/h4-7,14H,16H2,1-3H3. The Morgan fingerprint density at radius 1 is 1.12 bits per heavy atom. The maximum absolute atomic E-state index is 6.33. The lowest BCUT2D eigenvalue weighted by Crippen LogP contribution is -2.13. The normalized spacial score (nSPS) is 12.8. The van der Waals surface area contributed by atoms with Crippen LogP contribution in [0.15, 0.2) is 24.3 Å². The van der Waals surface area contributed by atoms with E-state index in [4.69, 9.17) is 17.3 Å². The second-order valence-corrected chi connectivity index (χ2v) is 6.18. The predicted octanol–water partition coefficient (Wildman–Crippen LogP) is 4.37. The van der Waals surface area contributed by atoms with Gasteiger partial charge in [-0.15, -0.1) is 11.3 Å². The van der Waals surface area contributed by atoms with Gasteiger partial charge in [0, 0.05) is 4.88 Å². The molecule has 0 saturated carbocycles. The lowest BCUT2D eigenvalue weighted by molar-refractivity contribution is 0.870. The molecular weight excluding hydrogens is 250 g/mol. The fourth-order valence-electron chi connectivity index (χ4n) is 2.32. The van der Waals surface area contributed by atoms with Gasteiger partial charge in [-0.3, -0.25) is 0 Å². The number of aryl methyl sites for hydroxylation is 3. The molecule has 0 aliphatic rings. The first-order valence-corrected chi connectivity index (χ1v) is 6.77. The summed E-state index contributed by atoms with van der Waals surface area (Å²) in [6.45, 7) is 6.34. The number of hydrogen-bond acceptors (Lipinski definition) is 2. The molecular formula is C14H16ClNS. The topological polar surface area (TPSA) is 26.0 Å². The van der Waals surface area contributed by atoms with Crippen LogP contribution in [0.3, 0.4) is 0 Å². The molecule has 17 heavy (non-hydrogen) atoms. The molecule has 0 fully saturated rings. The molecule has 3 heteroatoms. The Bertz CT molecular complexity index is 522. The van der Waals surface area contributed by atoms with Crippen LogP contribution < -0.4 is 5.73 Å². The van der Waals surface area contributed by atoms with Gasteiger partial charge in [0.05, 0.1) is 10.4 Å². The van der Waals surface area contributed by atoms with Crippen LogP contribution in [-0.2, 0) is 0 Å². The van der Waals surface area contributed by atoms with Crippen LogP contribution in [0.1, 0.15) is 33.2 Å². The Labute approximate surface area is 111 Å². The summed E-state index contributed by atoms with van der Waals surface area (Å²) < 4.78 is 0.790. The number of nitrogens with two attached hydrogens (primary N) is 1. The molecule has 2 N–H and O–H groups in total. The van der Waals surface area contributed by atoms with E-state index in [0.29, 0.717) is 0 Å². The molecule has 0 aliphatic heterocycles. The van der Waals surface area contributed by atoms with Crippen molar-refractivity contribution >= 4 is 22.9 Å². The molecule has 0 aliphatic carbocycles. The lowest BCUT2D eigenvalue weighted by atomic mass is 9.94. The second kappa shape index (κ2) is 4.81. The largest absolute Gasteiger partial charge is 0.320 e. The molecule has 2 rings (SSSR count). The lowest BCUT2D eigenvalue weighted by Gasteiger charge is -2.17. The Morgan fingerprint density at radius 2 is 1.71 bits per heavy atom. The van der Waals surface area contributed by atoms with Gasteiger partial charge in [-0.25, -0.2) is 0 Å². The van der Waals surface area contributed by atoms with Gasteiger partial charge in [0.1, 0.15) is 0 Å². The van der Waals surface area contributed by atoms with Crippen LogP contribution in [0, 0.1) is 20.8 Å². The zero-order chi connectivity index (χ0) is 12.6. The van der Waals surface area contributed by atoms with Gasteiger partial charge in [-0.1, -0.05) is 29.3 Å². The number of benzene rings is 1. The highest BCUT2D eigenvalue weighted by atomic mass is 35.5. The summed E-state index contributed by atoms with van der Waals surface area (Å²) in [5.41, 5.74) is 11.3. The van der Waals surface area contributed by atoms with E-state index in [9.17, 15) is 0 Å². The van der Waals surface area contributed by atoms with Gasteiger partial charge in [-0.2, -0.15) is 0 Å². The van der Waals surface area contributed by atoms with E-state index in [1.807, 2.05) is 12.1 Å². The van der Waals surface area contributed by atoms with E-state index in [1.165, 1.54) is 22.3 Å². The molecule has 2 aromatic rings. The minimum atomic E-state index is -0.0758. The van der Waals surface area contributed by atoms with Gasteiger partial charge in [-0.05, 0) is 49.6 Å². The maximum Gasteiger partial charge on any atom is 0.0931 e. The van der Waals surface area contributed by atoms with E-state index in [0.717, 1.165) is 9.21 Å². The molecule has 0 amide bonds. The van der Waals surface area contributed by atoms with E-state index in [-0.39, 0.29) is 6.04 Å². The van der Waals surface area contributed by atoms with Gasteiger partial charge in [0.25, 0.3) is 0 Å². The number of rotatable bonds is 2. The summed E-state index contributed by atoms with van der Waals surface area (Å²) in [7, 11) is 0. The average Bonchev–Trinajstić information content (AvgIpc) is 2.63. The third-order valence-electron chi connectivity index (χ3n) is 2.95. The summed E-state index contributed by atoms with van der Waals surface area (Å²) >= 11 is 7.51. The van der Waals surface area contributed by atoms with Crippen LogP contribution in [0.25, 0.3) is 0 Å². The first kappa shape index (κ1) is 12.6. The summed E-state index contributed by atoms with van der Waals surface area (Å²) in [6, 6.07) is 8.19. The fraction of sp³-hybridized carbons (Fsp3) is 0.286. The van der Waals surface area contributed by atoms with Crippen molar-refractivity contribution in [2.24, 2.45) is 5.73 Å². The van der Waals surface area contributed by atoms with Crippen molar-refractivity contribution in [2.75, 3.05) is 0 Å². The van der Waals surface area contributed by atoms with Crippen LogP contribution in [0.2, 0.25) is 4.34 Å². The minimum absolute atomic E-state index is 0.0758. The van der Waals surface area contributed by atoms with E-state index in [1.54, 1.807) is 11.3 Å². The highest BCUT2D eigenvalue weighted by Crippen LogP contribution is 2.32. The first-order chi connectivity index (χ1) is 7.99. The summed E-state index contributed by atoms with van der Waals surface area (Å²) in [4.78, 5) is 1.12. The van der Waals surface area contributed by atoms with Gasteiger partial charge >= 0.3 is 0 Å². The highest BCUT2D eigenvalue weighted by molar-refractivity contribution is 7.16. The summed E-state index contributed by atoms with van der Waals surface area (Å²) in [6.07, 6.45) is 0. The first-order valence-electron chi connectivity index (χ1n) is 5.57. The smallest absolute Gasteiger partial charge is 0.0931 e. The Kier molecular flexibility index (Phi) is 3.57. The van der Waals surface area contributed by atoms with Crippen molar-refractivity contribution in [1.29, 1.82) is 0 Å². The average molecular weight is 266 g/mol. The van der Waals surface area contributed by atoms with Gasteiger partial charge < -0.3 is 5.73 Å². The summed E-state index contributed by atoms with van der Waals surface area (Å²) in [5.74, 6) is 0. The maximum atomic E-state index is 6.33. The van der Waals surface area contributed by atoms with Crippen LogP contribution in [0.5, 0.6) is 0 Å². The van der Waals surface area contributed by atoms with Gasteiger partial charge in [0.15, 0.2) is 0 Å². The van der Waals surface area contributed by atoms with Crippen molar-refractivity contribution in [3.63, 3.8) is 0 Å². The minimum Gasteiger partial charge on any atom is -0.320 e. The van der Waals surface area contributed by atoms with Crippen molar-refractivity contribution in [3.05, 3.63) is 55.7 Å². The quantitative estimate of drug-likeness (QED) is 0.857. The van der Waals surface area contributed by atoms with Crippen LogP contribution >= 0.6 is 22.9 Å². The number of halogens is 1. The summed E-state index contributed by atoms with van der Waals surface area (Å²) in [5, 5.41) is 0. The molecule has 1 atom stereocenters. The van der Waals surface area contributed by atoms with E-state index in [2.05, 4.69) is 32.9 Å². The van der Waals surface area contributed by atoms with Crippen molar-refractivity contribution in [3.8, 4) is 0 Å². The monoisotopic (exact) mass is 265 g/mol. The SMILES string of the molecule is Cc1cc(C)c(C(N)c2ccc(Cl)s2)c(C)c1. The Morgan fingerprint density at radius 3 is 2.18 bits per heavy atom. The number of thiophene rings is 1. The fourth-order valence-corrected chi connectivity index (χ4v) is 3.39. The third kappa shape index (κ3) is 2.54. The molecule has 0 spiro atoms. The zero-order valence-corrected chi connectivity index (χ0v) is 11.8. The second-order valence-electron chi connectivity index (χ2n) is 4.43. The van der Waals surface area contributed by atoms with E-state index < -0.39 is 0 Å². The van der Waals surface area contributed by atoms with Crippen LogP contribution in [-0.4, -0.2) is 0 Å².